The Morgan fingerprint density at radius 1 is 1.25 bits per heavy atom. The molecule has 0 fully saturated rings. The molecule has 0 aromatic rings. The minimum absolute atomic E-state index is 0.300. The summed E-state index contributed by atoms with van der Waals surface area (Å²) < 4.78 is 8.34. The molecule has 0 aromatic heterocycles. The molecule has 0 unspecified atom stereocenters. The van der Waals surface area contributed by atoms with Crippen LogP contribution >= 0.6 is 0 Å². The molecular weight excluding hydrogens is 163 g/mol. The van der Waals surface area contributed by atoms with Crippen molar-refractivity contribution in [1.82, 2.24) is 0 Å². The van der Waals surface area contributed by atoms with Crippen LogP contribution in [0.1, 0.15) is 0 Å². The van der Waals surface area contributed by atoms with Crippen molar-refractivity contribution >= 4 is 29.3 Å². The number of hydrogen-bond donors (Lipinski definition) is 0. The van der Waals surface area contributed by atoms with Gasteiger partial charge in [-0.25, -0.2) is 0 Å². The van der Waals surface area contributed by atoms with E-state index in [1.54, 1.807) is 0 Å². The van der Waals surface area contributed by atoms with E-state index in [1.165, 1.54) is 0 Å². The van der Waals surface area contributed by atoms with E-state index in [-0.39, 0.29) is 0 Å². The van der Waals surface area contributed by atoms with Crippen LogP contribution in [0, 0.1) is 0 Å². The molecule has 0 aliphatic rings. The maximum atomic E-state index is 8.34. The number of hydrogen-bond acceptors (Lipinski definition) is 2. The van der Waals surface area contributed by atoms with E-state index in [4.69, 9.17) is 7.87 Å². The van der Waals surface area contributed by atoms with Gasteiger partial charge in [-0.1, -0.05) is 0 Å². The van der Waals surface area contributed by atoms with Gasteiger partial charge in [0.15, 0.2) is 0 Å². The van der Waals surface area contributed by atoms with E-state index in [1.807, 2.05) is 6.79 Å². The molecule has 3 heteroatoms. The van der Waals surface area contributed by atoms with E-state index in [2.05, 4.69) is 0 Å². The molecule has 2 radical (unpaired) electrons. The third-order valence-corrected chi connectivity index (χ3v) is 0. The third kappa shape index (κ3) is 50.6. The molecule has 2 nitrogen and oxygen atoms in total. The predicted molar refractivity (Wildman–Crippen MR) is 13.6 cm³/mol. The standard InChI is InChI=1S/CH2O.O.Sn/c1-2;;/h1H2;;. The summed E-state index contributed by atoms with van der Waals surface area (Å²) in [7, 11) is 0. The van der Waals surface area contributed by atoms with E-state index >= 15 is 0 Å². The Balaban J connectivity index is 0. The summed E-state index contributed by atoms with van der Waals surface area (Å²) in [5.74, 6) is 0. The predicted octanol–water partition coefficient (Wildman–Crippen LogP) is -0.684. The Morgan fingerprint density at radius 2 is 1.25 bits per heavy atom. The van der Waals surface area contributed by atoms with E-state index < -0.39 is 0 Å². The van der Waals surface area contributed by atoms with Crippen LogP contribution in [0.25, 0.3) is 0 Å². The molecule has 0 aliphatic heterocycles. The van der Waals surface area contributed by atoms with E-state index in [0.717, 1.165) is 0 Å². The van der Waals surface area contributed by atoms with Crippen LogP contribution in [-0.4, -0.2) is 29.3 Å². The molecule has 0 aliphatic carbocycles. The number of rotatable bonds is 0. The summed E-state index contributed by atoms with van der Waals surface area (Å²) in [5.41, 5.74) is 0. The SMILES string of the molecule is C=O.[O]=[Sn]. The molecule has 0 saturated heterocycles. The molecule has 22 valence electrons. The van der Waals surface area contributed by atoms with Gasteiger partial charge in [-0.15, -0.1) is 0 Å². The van der Waals surface area contributed by atoms with Gasteiger partial charge in [-0.3, -0.25) is 0 Å². The maximum absolute atomic E-state index is 8.34. The monoisotopic (exact) mass is 166 g/mol. The van der Waals surface area contributed by atoms with Crippen LogP contribution < -0.4 is 0 Å². The van der Waals surface area contributed by atoms with Crippen LogP contribution in [0.3, 0.4) is 0 Å². The molecular formula is CH2O2Sn. The second-order valence-corrected chi connectivity index (χ2v) is 0. The summed E-state index contributed by atoms with van der Waals surface area (Å²) in [5, 5.41) is 0. The molecule has 4 heavy (non-hydrogen) atoms. The first kappa shape index (κ1) is 8.86. The van der Waals surface area contributed by atoms with Gasteiger partial charge < -0.3 is 4.79 Å². The normalized spacial score (nSPS) is 2.00. The van der Waals surface area contributed by atoms with Gasteiger partial charge in [-0.05, 0) is 0 Å². The topological polar surface area (TPSA) is 34.1 Å². The molecule has 0 aromatic carbocycles. The van der Waals surface area contributed by atoms with Crippen molar-refractivity contribution in [2.45, 2.75) is 0 Å². The summed E-state index contributed by atoms with van der Waals surface area (Å²) in [6.07, 6.45) is 0. The van der Waals surface area contributed by atoms with Gasteiger partial charge >= 0.3 is 25.6 Å². The number of carbonyl (C=O) groups excluding carboxylic acids is 1. The Kier molecular flexibility index (Phi) is 516. The second-order valence-electron chi connectivity index (χ2n) is 0. The van der Waals surface area contributed by atoms with Gasteiger partial charge in [0.2, 0.25) is 0 Å². The molecule has 0 amide bonds. The van der Waals surface area contributed by atoms with Crippen molar-refractivity contribution in [3.63, 3.8) is 0 Å². The molecule has 0 rings (SSSR count). The van der Waals surface area contributed by atoms with E-state index in [0.29, 0.717) is 22.5 Å². The van der Waals surface area contributed by atoms with Crippen molar-refractivity contribution in [1.29, 1.82) is 0 Å². The third-order valence-electron chi connectivity index (χ3n) is 0. The van der Waals surface area contributed by atoms with Gasteiger partial charge in [-0.2, -0.15) is 0 Å². The first-order valence-corrected chi connectivity index (χ1v) is 1.66. The zero-order valence-electron chi connectivity index (χ0n) is 2.02. The van der Waals surface area contributed by atoms with Gasteiger partial charge in [0.1, 0.15) is 6.79 Å². The Hall–Kier alpha value is 0.269. The summed E-state index contributed by atoms with van der Waals surface area (Å²) in [6, 6.07) is 0. The van der Waals surface area contributed by atoms with E-state index in [9.17, 15) is 0 Å². The first-order valence-electron chi connectivity index (χ1n) is 0.493. The van der Waals surface area contributed by atoms with Crippen LogP contribution in [0.5, 0.6) is 0 Å². The zero-order valence-corrected chi connectivity index (χ0v) is 4.88. The number of carbonyl (C=O) groups is 1. The zero-order chi connectivity index (χ0) is 4.00. The Morgan fingerprint density at radius 3 is 1.25 bits per heavy atom. The van der Waals surface area contributed by atoms with Crippen molar-refractivity contribution in [2.24, 2.45) is 0 Å². The van der Waals surface area contributed by atoms with Gasteiger partial charge in [0.05, 0.1) is 0 Å². The van der Waals surface area contributed by atoms with Gasteiger partial charge in [0.25, 0.3) is 0 Å². The molecule has 0 atom stereocenters. The summed E-state index contributed by atoms with van der Waals surface area (Å²) in [4.78, 5) is 8.00. The average molecular weight is 165 g/mol. The molecule has 0 heterocycles. The molecule has 0 bridgehead atoms. The quantitative estimate of drug-likeness (QED) is 0.445. The second kappa shape index (κ2) is 233. The minimum atomic E-state index is 0.300. The van der Waals surface area contributed by atoms with Crippen molar-refractivity contribution < 1.29 is 7.87 Å². The van der Waals surface area contributed by atoms with Crippen LogP contribution in [0.15, 0.2) is 0 Å². The molecule has 0 N–H and O–H groups in total. The van der Waals surface area contributed by atoms with Gasteiger partial charge in [0, 0.05) is 0 Å². The fourth-order valence-corrected chi connectivity index (χ4v) is 0. The van der Waals surface area contributed by atoms with Crippen molar-refractivity contribution in [3.8, 4) is 0 Å². The summed E-state index contributed by atoms with van der Waals surface area (Å²) in [6.45, 7) is 2.00. The van der Waals surface area contributed by atoms with Crippen molar-refractivity contribution in [2.75, 3.05) is 0 Å². The van der Waals surface area contributed by atoms with Crippen LogP contribution in [-0.2, 0) is 7.87 Å². The summed E-state index contributed by atoms with van der Waals surface area (Å²) >= 11 is 0.300. The molecule has 0 saturated carbocycles. The fraction of sp³-hybridized carbons (Fsp3) is 0. The molecule has 0 spiro atoms. The van der Waals surface area contributed by atoms with Crippen molar-refractivity contribution in [3.05, 3.63) is 0 Å². The Labute approximate surface area is 37.7 Å². The van der Waals surface area contributed by atoms with Crippen LogP contribution in [0.2, 0.25) is 0 Å². The Bertz CT molecular complexity index is 8.00. The van der Waals surface area contributed by atoms with Crippen LogP contribution in [0.4, 0.5) is 0 Å². The average Bonchev–Trinajstić information content (AvgIpc) is 1.50. The fourth-order valence-electron chi connectivity index (χ4n) is 0. The first-order chi connectivity index (χ1) is 2.00.